The van der Waals surface area contributed by atoms with Gasteiger partial charge in [0.1, 0.15) is 0 Å². The van der Waals surface area contributed by atoms with Crippen molar-refractivity contribution >= 4 is 17.5 Å². The Morgan fingerprint density at radius 3 is 2.50 bits per heavy atom. The van der Waals surface area contributed by atoms with Crippen LogP contribution in [0.4, 0.5) is 5.69 Å². The Bertz CT molecular complexity index is 855. The molecule has 0 aliphatic carbocycles. The van der Waals surface area contributed by atoms with Gasteiger partial charge in [-0.25, -0.2) is 0 Å². The number of rotatable bonds is 3. The largest absolute Gasteiger partial charge is 0.338 e. The second-order valence-corrected chi connectivity index (χ2v) is 7.31. The first kappa shape index (κ1) is 18.2. The number of amides is 2. The first-order valence-corrected chi connectivity index (χ1v) is 9.15. The summed E-state index contributed by atoms with van der Waals surface area (Å²) < 4.78 is 0. The zero-order valence-electron chi connectivity index (χ0n) is 15.9. The Morgan fingerprint density at radius 1 is 1.12 bits per heavy atom. The fraction of sp³-hybridized carbons (Fsp3) is 0.364. The van der Waals surface area contributed by atoms with Crippen LogP contribution in [0.2, 0.25) is 0 Å². The van der Waals surface area contributed by atoms with E-state index in [0.29, 0.717) is 6.54 Å². The molecule has 3 rings (SSSR count). The number of carbonyl (C=O) groups excluding carboxylic acids is 2. The molecule has 4 heteroatoms. The predicted molar refractivity (Wildman–Crippen MR) is 105 cm³/mol. The predicted octanol–water partition coefficient (Wildman–Crippen LogP) is 4.16. The van der Waals surface area contributed by atoms with E-state index in [-0.39, 0.29) is 17.7 Å². The summed E-state index contributed by atoms with van der Waals surface area (Å²) in [5, 5.41) is 3.02. The van der Waals surface area contributed by atoms with Crippen molar-refractivity contribution in [3.8, 4) is 11.1 Å². The van der Waals surface area contributed by atoms with Crippen LogP contribution in [-0.2, 0) is 22.6 Å². The van der Waals surface area contributed by atoms with Crippen LogP contribution in [0, 0.1) is 12.8 Å². The van der Waals surface area contributed by atoms with Crippen LogP contribution < -0.4 is 5.32 Å². The molecule has 0 saturated heterocycles. The number of aryl methyl sites for hydroxylation is 1. The molecule has 136 valence electrons. The van der Waals surface area contributed by atoms with Gasteiger partial charge >= 0.3 is 0 Å². The van der Waals surface area contributed by atoms with Crippen molar-refractivity contribution in [2.75, 3.05) is 11.9 Å². The minimum Gasteiger partial charge on any atom is -0.338 e. The van der Waals surface area contributed by atoms with Gasteiger partial charge in [0.2, 0.25) is 11.8 Å². The topological polar surface area (TPSA) is 49.4 Å². The van der Waals surface area contributed by atoms with Gasteiger partial charge in [0.05, 0.1) is 0 Å². The number of nitrogens with one attached hydrogen (secondary N) is 1. The molecule has 2 amide bonds. The number of anilines is 1. The monoisotopic (exact) mass is 350 g/mol. The SMILES string of the molecule is CC(=O)N1CCc2c(cc(NC(=O)C(C)C)cc2-c2ccccc2C)C1. The van der Waals surface area contributed by atoms with E-state index in [2.05, 4.69) is 30.4 Å². The maximum absolute atomic E-state index is 12.2. The van der Waals surface area contributed by atoms with Gasteiger partial charge in [-0.3, -0.25) is 9.59 Å². The van der Waals surface area contributed by atoms with E-state index in [1.54, 1.807) is 6.92 Å². The number of fused-ring (bicyclic) bond motifs is 1. The molecular weight excluding hydrogens is 324 g/mol. The third kappa shape index (κ3) is 3.64. The Balaban J connectivity index is 2.10. The molecule has 4 nitrogen and oxygen atoms in total. The molecule has 2 aromatic rings. The van der Waals surface area contributed by atoms with Gasteiger partial charge in [0.25, 0.3) is 0 Å². The van der Waals surface area contributed by atoms with Crippen LogP contribution in [-0.4, -0.2) is 23.3 Å². The maximum atomic E-state index is 12.2. The lowest BCUT2D eigenvalue weighted by Crippen LogP contribution is -2.34. The van der Waals surface area contributed by atoms with E-state index < -0.39 is 0 Å². The van der Waals surface area contributed by atoms with Crippen LogP contribution in [0.5, 0.6) is 0 Å². The van der Waals surface area contributed by atoms with Crippen molar-refractivity contribution in [2.24, 2.45) is 5.92 Å². The summed E-state index contributed by atoms with van der Waals surface area (Å²) in [7, 11) is 0. The lowest BCUT2D eigenvalue weighted by molar-refractivity contribution is -0.129. The van der Waals surface area contributed by atoms with Crippen LogP contribution in [0.25, 0.3) is 11.1 Å². The highest BCUT2D eigenvalue weighted by Crippen LogP contribution is 2.35. The molecule has 1 aliphatic heterocycles. The molecule has 0 spiro atoms. The van der Waals surface area contributed by atoms with Crippen molar-refractivity contribution in [3.05, 3.63) is 53.1 Å². The van der Waals surface area contributed by atoms with Crippen LogP contribution in [0.15, 0.2) is 36.4 Å². The lowest BCUT2D eigenvalue weighted by atomic mass is 9.88. The van der Waals surface area contributed by atoms with Gasteiger partial charge < -0.3 is 10.2 Å². The third-order valence-electron chi connectivity index (χ3n) is 5.01. The minimum atomic E-state index is -0.0818. The van der Waals surface area contributed by atoms with E-state index in [0.717, 1.165) is 29.8 Å². The number of nitrogens with zero attached hydrogens (tertiary/aromatic N) is 1. The summed E-state index contributed by atoms with van der Waals surface area (Å²) >= 11 is 0. The first-order chi connectivity index (χ1) is 12.4. The lowest BCUT2D eigenvalue weighted by Gasteiger charge is -2.30. The van der Waals surface area contributed by atoms with E-state index in [1.165, 1.54) is 16.7 Å². The molecule has 0 aromatic heterocycles. The Labute approximate surface area is 155 Å². The van der Waals surface area contributed by atoms with Crippen molar-refractivity contribution in [3.63, 3.8) is 0 Å². The molecule has 1 heterocycles. The summed E-state index contributed by atoms with van der Waals surface area (Å²) in [6.07, 6.45) is 0.830. The molecule has 2 aromatic carbocycles. The van der Waals surface area contributed by atoms with Crippen LogP contribution in [0.1, 0.15) is 37.5 Å². The standard InChI is InChI=1S/C22H26N2O2/c1-14(2)22(26)23-18-11-17-13-24(16(4)25)10-9-20(17)21(12-18)19-8-6-5-7-15(19)3/h5-8,11-12,14H,9-10,13H2,1-4H3,(H,23,26). The fourth-order valence-electron chi connectivity index (χ4n) is 3.44. The fourth-order valence-corrected chi connectivity index (χ4v) is 3.44. The molecule has 0 fully saturated rings. The molecule has 26 heavy (non-hydrogen) atoms. The molecular formula is C22H26N2O2. The smallest absolute Gasteiger partial charge is 0.226 e. The van der Waals surface area contributed by atoms with E-state index >= 15 is 0 Å². The van der Waals surface area contributed by atoms with Gasteiger partial charge in [0, 0.05) is 31.6 Å². The van der Waals surface area contributed by atoms with E-state index in [1.807, 2.05) is 36.9 Å². The third-order valence-corrected chi connectivity index (χ3v) is 5.01. The highest BCUT2D eigenvalue weighted by atomic mass is 16.2. The first-order valence-electron chi connectivity index (χ1n) is 9.15. The Hall–Kier alpha value is -2.62. The quantitative estimate of drug-likeness (QED) is 0.903. The van der Waals surface area contributed by atoms with E-state index in [4.69, 9.17) is 0 Å². The highest BCUT2D eigenvalue weighted by Gasteiger charge is 2.23. The molecule has 1 aliphatic rings. The van der Waals surface area contributed by atoms with Crippen molar-refractivity contribution < 1.29 is 9.59 Å². The highest BCUT2D eigenvalue weighted by molar-refractivity contribution is 5.93. The van der Waals surface area contributed by atoms with Crippen molar-refractivity contribution in [1.29, 1.82) is 0 Å². The molecule has 0 saturated carbocycles. The number of hydrogen-bond acceptors (Lipinski definition) is 2. The average molecular weight is 350 g/mol. The van der Waals surface area contributed by atoms with Crippen molar-refractivity contribution in [1.82, 2.24) is 4.90 Å². The maximum Gasteiger partial charge on any atom is 0.226 e. The second-order valence-electron chi connectivity index (χ2n) is 7.31. The summed E-state index contributed by atoms with van der Waals surface area (Å²) in [5.74, 6) is 0.00582. The number of carbonyl (C=O) groups is 2. The summed E-state index contributed by atoms with van der Waals surface area (Å²) in [4.78, 5) is 25.9. The van der Waals surface area contributed by atoms with Crippen molar-refractivity contribution in [2.45, 2.75) is 40.7 Å². The molecule has 0 bridgehead atoms. The minimum absolute atomic E-state index is 0.0000768. The summed E-state index contributed by atoms with van der Waals surface area (Å²) in [6, 6.07) is 12.4. The normalized spacial score (nSPS) is 13.5. The summed E-state index contributed by atoms with van der Waals surface area (Å²) in [5.41, 5.74) is 6.73. The van der Waals surface area contributed by atoms with Gasteiger partial charge in [-0.1, -0.05) is 38.1 Å². The average Bonchev–Trinajstić information content (AvgIpc) is 2.60. The second kappa shape index (κ2) is 7.32. The number of hydrogen-bond donors (Lipinski definition) is 1. The van der Waals surface area contributed by atoms with Crippen LogP contribution >= 0.6 is 0 Å². The Kier molecular flexibility index (Phi) is 5.12. The number of benzene rings is 2. The van der Waals surface area contributed by atoms with Gasteiger partial charge in [0.15, 0.2) is 0 Å². The van der Waals surface area contributed by atoms with Gasteiger partial charge in [-0.05, 0) is 53.3 Å². The molecule has 1 N–H and O–H groups in total. The zero-order chi connectivity index (χ0) is 18.8. The zero-order valence-corrected chi connectivity index (χ0v) is 15.9. The van der Waals surface area contributed by atoms with Gasteiger partial charge in [-0.15, -0.1) is 0 Å². The van der Waals surface area contributed by atoms with E-state index in [9.17, 15) is 9.59 Å². The van der Waals surface area contributed by atoms with Crippen LogP contribution in [0.3, 0.4) is 0 Å². The Morgan fingerprint density at radius 2 is 1.85 bits per heavy atom. The molecule has 0 atom stereocenters. The molecule has 0 unspecified atom stereocenters. The van der Waals surface area contributed by atoms with Gasteiger partial charge in [-0.2, -0.15) is 0 Å². The summed E-state index contributed by atoms with van der Waals surface area (Å²) in [6.45, 7) is 8.80. The molecule has 0 radical (unpaired) electrons.